The Labute approximate surface area is 101 Å². The molecule has 1 aromatic heterocycles. The Hall–Kier alpha value is -1.43. The third-order valence-corrected chi connectivity index (χ3v) is 3.07. The lowest BCUT2D eigenvalue weighted by molar-refractivity contribution is -0.133. The highest BCUT2D eigenvalue weighted by Gasteiger charge is 2.25. The first-order chi connectivity index (χ1) is 8.15. The van der Waals surface area contributed by atoms with Crippen molar-refractivity contribution in [2.75, 3.05) is 13.1 Å². The van der Waals surface area contributed by atoms with E-state index in [1.165, 1.54) is 0 Å². The summed E-state index contributed by atoms with van der Waals surface area (Å²) in [6, 6.07) is 0.120. The normalized spacial score (nSPS) is 24.9. The summed E-state index contributed by atoms with van der Waals surface area (Å²) >= 11 is 0. The number of carbonyl (C=O) groups is 1. The van der Waals surface area contributed by atoms with E-state index in [1.807, 2.05) is 4.90 Å². The van der Waals surface area contributed by atoms with E-state index < -0.39 is 0 Å². The van der Waals surface area contributed by atoms with Crippen molar-refractivity contribution < 1.29 is 4.79 Å². The standard InChI is InChI=1S/C11H19N5O/c1-9-6-10(12)8-15(7-9)11(17)2-4-16-5-3-13-14-16/h3,5,9-10H,2,4,6-8,12H2,1H3. The molecule has 2 atom stereocenters. The molecule has 2 N–H and O–H groups in total. The third kappa shape index (κ3) is 3.26. The Morgan fingerprint density at radius 2 is 2.35 bits per heavy atom. The molecule has 0 saturated carbocycles. The van der Waals surface area contributed by atoms with E-state index in [2.05, 4.69) is 17.2 Å². The van der Waals surface area contributed by atoms with Crippen molar-refractivity contribution in [3.8, 4) is 0 Å². The third-order valence-electron chi connectivity index (χ3n) is 3.07. The van der Waals surface area contributed by atoms with Crippen LogP contribution in [0.15, 0.2) is 12.4 Å². The smallest absolute Gasteiger partial charge is 0.224 e. The van der Waals surface area contributed by atoms with Gasteiger partial charge in [-0.15, -0.1) is 5.10 Å². The fraction of sp³-hybridized carbons (Fsp3) is 0.727. The van der Waals surface area contributed by atoms with Crippen molar-refractivity contribution in [1.82, 2.24) is 19.9 Å². The van der Waals surface area contributed by atoms with Gasteiger partial charge in [-0.25, -0.2) is 0 Å². The van der Waals surface area contributed by atoms with E-state index >= 15 is 0 Å². The zero-order valence-corrected chi connectivity index (χ0v) is 10.1. The van der Waals surface area contributed by atoms with Gasteiger partial charge in [0.1, 0.15) is 0 Å². The van der Waals surface area contributed by atoms with Crippen LogP contribution in [-0.2, 0) is 11.3 Å². The van der Waals surface area contributed by atoms with Crippen molar-refractivity contribution in [2.45, 2.75) is 32.4 Å². The second-order valence-electron chi connectivity index (χ2n) is 4.82. The van der Waals surface area contributed by atoms with Crippen LogP contribution >= 0.6 is 0 Å². The summed E-state index contributed by atoms with van der Waals surface area (Å²) in [6.45, 7) is 4.22. The molecule has 0 radical (unpaired) electrons. The first kappa shape index (κ1) is 12.0. The van der Waals surface area contributed by atoms with Crippen LogP contribution in [0.1, 0.15) is 19.8 Å². The lowest BCUT2D eigenvalue weighted by atomic mass is 9.96. The number of rotatable bonds is 3. The predicted octanol–water partition coefficient (Wildman–Crippen LogP) is -0.136. The topological polar surface area (TPSA) is 77.0 Å². The lowest BCUT2D eigenvalue weighted by Gasteiger charge is -2.34. The maximum atomic E-state index is 12.0. The van der Waals surface area contributed by atoms with Crippen LogP contribution in [0, 0.1) is 5.92 Å². The minimum atomic E-state index is 0.120. The average molecular weight is 237 g/mol. The molecule has 6 heteroatoms. The van der Waals surface area contributed by atoms with Crippen molar-refractivity contribution in [3.63, 3.8) is 0 Å². The van der Waals surface area contributed by atoms with Gasteiger partial charge >= 0.3 is 0 Å². The van der Waals surface area contributed by atoms with E-state index in [0.29, 0.717) is 25.4 Å². The van der Waals surface area contributed by atoms with Crippen LogP contribution < -0.4 is 5.73 Å². The molecule has 1 aliphatic rings. The van der Waals surface area contributed by atoms with Crippen molar-refractivity contribution in [3.05, 3.63) is 12.4 Å². The molecule has 2 rings (SSSR count). The molecule has 2 unspecified atom stereocenters. The van der Waals surface area contributed by atoms with Gasteiger partial charge in [-0.05, 0) is 12.3 Å². The largest absolute Gasteiger partial charge is 0.341 e. The first-order valence-electron chi connectivity index (χ1n) is 6.02. The Balaban J connectivity index is 1.83. The van der Waals surface area contributed by atoms with Gasteiger partial charge < -0.3 is 10.6 Å². The molecule has 1 fully saturated rings. The maximum absolute atomic E-state index is 12.0. The molecule has 0 aliphatic carbocycles. The van der Waals surface area contributed by atoms with Gasteiger partial charge in [0.05, 0.1) is 12.7 Å². The summed E-state index contributed by atoms with van der Waals surface area (Å²) in [7, 11) is 0. The zero-order valence-electron chi connectivity index (χ0n) is 10.1. The van der Waals surface area contributed by atoms with Gasteiger partial charge in [0.25, 0.3) is 0 Å². The molecule has 1 aromatic rings. The van der Waals surface area contributed by atoms with Gasteiger partial charge in [-0.2, -0.15) is 0 Å². The van der Waals surface area contributed by atoms with Crippen LogP contribution in [0.5, 0.6) is 0 Å². The minimum absolute atomic E-state index is 0.120. The van der Waals surface area contributed by atoms with Crippen LogP contribution in [-0.4, -0.2) is 44.9 Å². The van der Waals surface area contributed by atoms with E-state index in [0.717, 1.165) is 13.0 Å². The molecule has 1 amide bonds. The van der Waals surface area contributed by atoms with Crippen LogP contribution in [0.25, 0.3) is 0 Å². The molecule has 0 spiro atoms. The van der Waals surface area contributed by atoms with Gasteiger partial charge in [0, 0.05) is 31.7 Å². The monoisotopic (exact) mass is 237 g/mol. The number of amides is 1. The van der Waals surface area contributed by atoms with E-state index in [9.17, 15) is 4.79 Å². The van der Waals surface area contributed by atoms with Gasteiger partial charge in [-0.1, -0.05) is 12.1 Å². The maximum Gasteiger partial charge on any atom is 0.224 e. The number of nitrogens with two attached hydrogens (primary N) is 1. The molecule has 94 valence electrons. The fourth-order valence-corrected chi connectivity index (χ4v) is 2.32. The summed E-state index contributed by atoms with van der Waals surface area (Å²) in [4.78, 5) is 13.9. The fourth-order valence-electron chi connectivity index (χ4n) is 2.32. The number of aryl methyl sites for hydroxylation is 1. The van der Waals surface area contributed by atoms with E-state index in [4.69, 9.17) is 5.73 Å². The summed E-state index contributed by atoms with van der Waals surface area (Å²) in [5, 5.41) is 7.54. The second-order valence-corrected chi connectivity index (χ2v) is 4.82. The van der Waals surface area contributed by atoms with E-state index in [-0.39, 0.29) is 11.9 Å². The zero-order chi connectivity index (χ0) is 12.3. The molecular weight excluding hydrogens is 218 g/mol. The lowest BCUT2D eigenvalue weighted by Crippen LogP contribution is -2.49. The summed E-state index contributed by atoms with van der Waals surface area (Å²) in [6.07, 6.45) is 4.84. The Kier molecular flexibility index (Phi) is 3.73. The molecule has 1 aliphatic heterocycles. The number of nitrogens with zero attached hydrogens (tertiary/aromatic N) is 4. The van der Waals surface area contributed by atoms with Crippen molar-refractivity contribution in [1.29, 1.82) is 0 Å². The van der Waals surface area contributed by atoms with Gasteiger partial charge in [-0.3, -0.25) is 9.48 Å². The number of hydrogen-bond donors (Lipinski definition) is 1. The van der Waals surface area contributed by atoms with Crippen LogP contribution in [0.3, 0.4) is 0 Å². The second kappa shape index (κ2) is 5.27. The van der Waals surface area contributed by atoms with Crippen molar-refractivity contribution >= 4 is 5.91 Å². The number of hydrogen-bond acceptors (Lipinski definition) is 4. The summed E-state index contributed by atoms with van der Waals surface area (Å²) in [5.41, 5.74) is 5.92. The Morgan fingerprint density at radius 1 is 1.53 bits per heavy atom. The molecule has 1 saturated heterocycles. The number of aromatic nitrogens is 3. The van der Waals surface area contributed by atoms with Crippen LogP contribution in [0.2, 0.25) is 0 Å². The summed E-state index contributed by atoms with van der Waals surface area (Å²) < 4.78 is 1.67. The van der Waals surface area contributed by atoms with Crippen molar-refractivity contribution in [2.24, 2.45) is 11.7 Å². The van der Waals surface area contributed by atoms with Gasteiger partial charge in [0.15, 0.2) is 0 Å². The Bertz CT molecular complexity index is 354. The molecule has 0 aromatic carbocycles. The molecule has 2 heterocycles. The predicted molar refractivity (Wildman–Crippen MR) is 63.0 cm³/mol. The minimum Gasteiger partial charge on any atom is -0.341 e. The average Bonchev–Trinajstić information content (AvgIpc) is 2.77. The van der Waals surface area contributed by atoms with Gasteiger partial charge in [0.2, 0.25) is 5.91 Å². The Morgan fingerprint density at radius 3 is 3.00 bits per heavy atom. The summed E-state index contributed by atoms with van der Waals surface area (Å²) in [5.74, 6) is 0.650. The number of carbonyl (C=O) groups excluding carboxylic acids is 1. The number of piperidine rings is 1. The highest BCUT2D eigenvalue weighted by atomic mass is 16.2. The molecule has 0 bridgehead atoms. The SMILES string of the molecule is CC1CC(N)CN(C(=O)CCn2ccnn2)C1. The molecule has 17 heavy (non-hydrogen) atoms. The van der Waals surface area contributed by atoms with E-state index in [1.54, 1.807) is 17.1 Å². The first-order valence-corrected chi connectivity index (χ1v) is 6.02. The highest BCUT2D eigenvalue weighted by molar-refractivity contribution is 5.76. The van der Waals surface area contributed by atoms with Crippen LogP contribution in [0.4, 0.5) is 0 Å². The molecule has 6 nitrogen and oxygen atoms in total. The highest BCUT2D eigenvalue weighted by Crippen LogP contribution is 2.15. The quantitative estimate of drug-likeness (QED) is 0.794. The molecular formula is C11H19N5O. The number of likely N-dealkylation sites (tertiary alicyclic amines) is 1.